The number of nitrogens with zero attached hydrogens (tertiary/aromatic N) is 2. The van der Waals surface area contributed by atoms with Gasteiger partial charge in [-0.1, -0.05) is 29.8 Å². The number of amides is 3. The van der Waals surface area contributed by atoms with Crippen molar-refractivity contribution in [2.75, 3.05) is 19.7 Å². The summed E-state index contributed by atoms with van der Waals surface area (Å²) in [6.45, 7) is 2.76. The number of benzene rings is 2. The number of imide groups is 1. The van der Waals surface area contributed by atoms with Crippen molar-refractivity contribution in [1.29, 1.82) is 0 Å². The van der Waals surface area contributed by atoms with Crippen LogP contribution in [0.15, 0.2) is 36.4 Å². The normalized spacial score (nSPS) is 23.7. The molecule has 2 saturated heterocycles. The molecule has 9 nitrogen and oxygen atoms in total. The van der Waals surface area contributed by atoms with E-state index in [2.05, 4.69) is 5.32 Å². The quantitative estimate of drug-likeness (QED) is 0.389. The second-order valence-electron chi connectivity index (χ2n) is 11.1. The molecule has 2 aromatic rings. The first kappa shape index (κ1) is 27.2. The number of nitrogens with one attached hydrogen (secondary N) is 1. The Labute approximate surface area is 238 Å². The zero-order valence-corrected chi connectivity index (χ0v) is 23.1. The van der Waals surface area contributed by atoms with Gasteiger partial charge in [-0.15, -0.1) is 0 Å². The van der Waals surface area contributed by atoms with Crippen LogP contribution < -0.4 is 10.1 Å². The third-order valence-corrected chi connectivity index (χ3v) is 8.98. The van der Waals surface area contributed by atoms with Crippen molar-refractivity contribution in [1.82, 2.24) is 15.1 Å². The summed E-state index contributed by atoms with van der Waals surface area (Å²) in [7, 11) is 0. The van der Waals surface area contributed by atoms with Gasteiger partial charge < -0.3 is 19.5 Å². The van der Waals surface area contributed by atoms with Gasteiger partial charge in [0.05, 0.1) is 24.9 Å². The summed E-state index contributed by atoms with van der Waals surface area (Å²) in [5, 5.41) is 14.0. The summed E-state index contributed by atoms with van der Waals surface area (Å²) in [6, 6.07) is 10.9. The zero-order chi connectivity index (χ0) is 27.9. The van der Waals surface area contributed by atoms with Gasteiger partial charge in [-0.05, 0) is 61.4 Å². The van der Waals surface area contributed by atoms with Gasteiger partial charge in [-0.3, -0.25) is 24.6 Å². The topological polar surface area (TPSA) is 108 Å². The predicted molar refractivity (Wildman–Crippen MR) is 146 cm³/mol. The van der Waals surface area contributed by atoms with Crippen molar-refractivity contribution < 1.29 is 29.0 Å². The molecule has 6 rings (SSSR count). The molecule has 0 saturated carbocycles. The fourth-order valence-corrected chi connectivity index (χ4v) is 6.67. The van der Waals surface area contributed by atoms with Crippen molar-refractivity contribution in [3.8, 4) is 5.75 Å². The maximum atomic E-state index is 12.9. The molecule has 0 aromatic heterocycles. The Morgan fingerprint density at radius 3 is 2.80 bits per heavy atom. The minimum absolute atomic E-state index is 0.155. The first-order chi connectivity index (χ1) is 19.3. The Balaban J connectivity index is 0.963. The Hall–Kier alpha value is -2.98. The van der Waals surface area contributed by atoms with Crippen LogP contribution in [-0.4, -0.2) is 58.4 Å². The summed E-state index contributed by atoms with van der Waals surface area (Å²) in [4.78, 5) is 40.4. The first-order valence-corrected chi connectivity index (χ1v) is 14.5. The number of ether oxygens (including phenoxy) is 2. The number of piperidine rings is 2. The van der Waals surface area contributed by atoms with E-state index < -0.39 is 12.3 Å². The van der Waals surface area contributed by atoms with Crippen molar-refractivity contribution in [2.24, 2.45) is 0 Å². The molecule has 4 aliphatic rings. The molecule has 0 radical (unpaired) electrons. The van der Waals surface area contributed by atoms with Gasteiger partial charge >= 0.3 is 0 Å². The summed E-state index contributed by atoms with van der Waals surface area (Å²) >= 11 is 6.24. The van der Waals surface area contributed by atoms with Crippen LogP contribution in [0.3, 0.4) is 0 Å². The third-order valence-electron chi connectivity index (χ3n) is 8.75. The van der Waals surface area contributed by atoms with Crippen LogP contribution >= 0.6 is 11.6 Å². The average molecular weight is 568 g/mol. The van der Waals surface area contributed by atoms with E-state index in [4.69, 9.17) is 21.1 Å². The maximum Gasteiger partial charge on any atom is 0.244 e. The van der Waals surface area contributed by atoms with Gasteiger partial charge in [0.1, 0.15) is 12.0 Å². The number of carbonyl (C=O) groups is 3. The van der Waals surface area contributed by atoms with Crippen LogP contribution in [0.2, 0.25) is 5.02 Å². The van der Waals surface area contributed by atoms with Gasteiger partial charge in [-0.2, -0.15) is 0 Å². The number of rotatable bonds is 7. The number of aliphatic hydroxyl groups is 1. The Bertz CT molecular complexity index is 1320. The van der Waals surface area contributed by atoms with E-state index in [9.17, 15) is 19.5 Å². The third kappa shape index (κ3) is 5.11. The number of fused-ring (bicyclic) bond motifs is 3. The lowest BCUT2D eigenvalue weighted by atomic mass is 9.83. The first-order valence-electron chi connectivity index (χ1n) is 14.1. The van der Waals surface area contributed by atoms with Gasteiger partial charge in [0.15, 0.2) is 0 Å². The number of halogens is 1. The second-order valence-corrected chi connectivity index (χ2v) is 11.5. The van der Waals surface area contributed by atoms with E-state index in [1.807, 2.05) is 41.3 Å². The number of hydrogen-bond acceptors (Lipinski definition) is 7. The number of likely N-dealkylation sites (tertiary alicyclic amines) is 1. The molecule has 10 heteroatoms. The lowest BCUT2D eigenvalue weighted by Gasteiger charge is -2.39. The highest BCUT2D eigenvalue weighted by molar-refractivity contribution is 6.30. The molecule has 212 valence electrons. The number of hydrogen-bond donors (Lipinski definition) is 2. The number of carbonyl (C=O) groups excluding carboxylic acids is 3. The van der Waals surface area contributed by atoms with Crippen molar-refractivity contribution >= 4 is 29.3 Å². The Kier molecular flexibility index (Phi) is 7.56. The highest BCUT2D eigenvalue weighted by Gasteiger charge is 2.43. The molecule has 0 aliphatic carbocycles. The van der Waals surface area contributed by atoms with Gasteiger partial charge in [0.2, 0.25) is 17.7 Å². The molecule has 2 atom stereocenters. The lowest BCUT2D eigenvalue weighted by molar-refractivity contribution is -0.142. The maximum absolute atomic E-state index is 12.9. The Morgan fingerprint density at radius 1 is 1.18 bits per heavy atom. The monoisotopic (exact) mass is 567 g/mol. The SMILES string of the molecule is O=C1CCC(N2Cc3c(OCCCCC(=O)N4CCC5(CC4)OCc4ccc(Cl)cc45)cccc3C2O)C(=O)N1. The fraction of sp³-hybridized carbons (Fsp3) is 0.500. The zero-order valence-electron chi connectivity index (χ0n) is 22.4. The van der Waals surface area contributed by atoms with E-state index in [0.29, 0.717) is 56.5 Å². The molecule has 2 N–H and O–H groups in total. The molecule has 2 unspecified atom stereocenters. The summed E-state index contributed by atoms with van der Waals surface area (Å²) in [5.74, 6) is 0.181. The van der Waals surface area contributed by atoms with E-state index >= 15 is 0 Å². The second kappa shape index (κ2) is 11.1. The fourth-order valence-electron chi connectivity index (χ4n) is 6.50. The minimum Gasteiger partial charge on any atom is -0.493 e. The molecular weight excluding hydrogens is 534 g/mol. The highest BCUT2D eigenvalue weighted by Crippen LogP contribution is 2.45. The van der Waals surface area contributed by atoms with Crippen LogP contribution in [-0.2, 0) is 37.9 Å². The molecule has 4 heterocycles. The van der Waals surface area contributed by atoms with E-state index in [0.717, 1.165) is 36.8 Å². The summed E-state index contributed by atoms with van der Waals surface area (Å²) in [6.07, 6.45) is 3.17. The summed E-state index contributed by atoms with van der Waals surface area (Å²) in [5.41, 5.74) is 3.60. The Morgan fingerprint density at radius 2 is 2.00 bits per heavy atom. The minimum atomic E-state index is -0.927. The van der Waals surface area contributed by atoms with Crippen LogP contribution in [0.25, 0.3) is 0 Å². The largest absolute Gasteiger partial charge is 0.493 e. The summed E-state index contributed by atoms with van der Waals surface area (Å²) < 4.78 is 12.3. The molecule has 40 heavy (non-hydrogen) atoms. The van der Waals surface area contributed by atoms with E-state index in [-0.39, 0.29) is 29.7 Å². The van der Waals surface area contributed by atoms with Crippen LogP contribution in [0.5, 0.6) is 5.75 Å². The molecule has 3 amide bonds. The van der Waals surface area contributed by atoms with Crippen LogP contribution in [0.4, 0.5) is 0 Å². The van der Waals surface area contributed by atoms with Gasteiger partial charge in [0, 0.05) is 48.6 Å². The van der Waals surface area contributed by atoms with E-state index in [1.165, 1.54) is 11.1 Å². The molecule has 2 aromatic carbocycles. The molecule has 2 fully saturated rings. The smallest absolute Gasteiger partial charge is 0.244 e. The highest BCUT2D eigenvalue weighted by atomic mass is 35.5. The van der Waals surface area contributed by atoms with Gasteiger partial charge in [-0.25, -0.2) is 0 Å². The van der Waals surface area contributed by atoms with Crippen molar-refractivity contribution in [2.45, 2.75) is 76.0 Å². The van der Waals surface area contributed by atoms with Crippen molar-refractivity contribution in [3.05, 3.63) is 63.7 Å². The van der Waals surface area contributed by atoms with Crippen molar-refractivity contribution in [3.63, 3.8) is 0 Å². The van der Waals surface area contributed by atoms with Crippen LogP contribution in [0.1, 0.15) is 73.4 Å². The number of aliphatic hydroxyl groups excluding tert-OH is 1. The molecular formula is C30H34ClN3O6. The lowest BCUT2D eigenvalue weighted by Crippen LogP contribution is -2.51. The molecule has 1 spiro atoms. The average Bonchev–Trinajstić information content (AvgIpc) is 3.46. The predicted octanol–water partition coefficient (Wildman–Crippen LogP) is 3.55. The molecule has 0 bridgehead atoms. The van der Waals surface area contributed by atoms with Crippen LogP contribution in [0, 0.1) is 0 Å². The van der Waals surface area contributed by atoms with Gasteiger partial charge in [0.25, 0.3) is 0 Å². The standard InChI is InChI=1S/C30H34ClN3O6/c31-20-8-7-19-18-40-30(23(19)16-20)11-13-33(14-12-30)27(36)6-1-2-15-39-25-5-3-4-21-22(25)17-34(29(21)38)24-9-10-26(35)32-28(24)37/h3-5,7-8,16,24,29,38H,1-2,6,9-15,17-18H2,(H,32,35,37). The number of unbranched alkanes of at least 4 members (excludes halogenated alkanes) is 1. The van der Waals surface area contributed by atoms with E-state index in [1.54, 1.807) is 4.90 Å². The molecule has 4 aliphatic heterocycles.